The third kappa shape index (κ3) is 5.33. The van der Waals surface area contributed by atoms with Gasteiger partial charge in [-0.2, -0.15) is 9.78 Å². The Morgan fingerprint density at radius 3 is 2.64 bits per heavy atom. The highest BCUT2D eigenvalue weighted by atomic mass is 32.1. The zero-order valence-corrected chi connectivity index (χ0v) is 25.3. The Labute approximate surface area is 251 Å². The van der Waals surface area contributed by atoms with Gasteiger partial charge in [0.2, 0.25) is 16.0 Å². The van der Waals surface area contributed by atoms with Gasteiger partial charge in [-0.3, -0.25) is 9.69 Å². The summed E-state index contributed by atoms with van der Waals surface area (Å²) in [6, 6.07) is 8.44. The van der Waals surface area contributed by atoms with Crippen molar-refractivity contribution >= 4 is 49.6 Å². The maximum absolute atomic E-state index is 13.5. The van der Waals surface area contributed by atoms with E-state index in [2.05, 4.69) is 15.9 Å². The first-order valence-electron chi connectivity index (χ1n) is 14.0. The molecule has 2 aliphatic heterocycles. The Balaban J connectivity index is 1.23. The first-order chi connectivity index (χ1) is 20.2. The number of nitriles is 1. The number of hydrogen-bond acceptors (Lipinski definition) is 11. The minimum Gasteiger partial charge on any atom is -0.389 e. The Bertz CT molecular complexity index is 1640. The molecular formula is C28H32FN9O2S2. The number of anilines is 3. The number of rotatable bonds is 8. The molecule has 0 bridgehead atoms. The van der Waals surface area contributed by atoms with Gasteiger partial charge in [-0.1, -0.05) is 29.6 Å². The number of fused-ring (bicyclic) bond motifs is 1. The van der Waals surface area contributed by atoms with E-state index < -0.39 is 6.10 Å². The van der Waals surface area contributed by atoms with Gasteiger partial charge < -0.3 is 19.8 Å². The topological polar surface area (TPSA) is 117 Å². The number of carbonyl (C=O) groups is 1. The van der Waals surface area contributed by atoms with Gasteiger partial charge in [0.15, 0.2) is 10.9 Å². The van der Waals surface area contributed by atoms with E-state index in [-0.39, 0.29) is 17.8 Å². The number of benzene rings is 1. The van der Waals surface area contributed by atoms with Gasteiger partial charge in [0.1, 0.15) is 22.5 Å². The third-order valence-corrected chi connectivity index (χ3v) is 9.91. The summed E-state index contributed by atoms with van der Waals surface area (Å²) in [5.41, 5.74) is 2.09. The van der Waals surface area contributed by atoms with Gasteiger partial charge in [0.25, 0.3) is 0 Å². The van der Waals surface area contributed by atoms with Crippen molar-refractivity contribution in [2.75, 3.05) is 56.6 Å². The van der Waals surface area contributed by atoms with E-state index in [1.807, 2.05) is 30.4 Å². The van der Waals surface area contributed by atoms with Gasteiger partial charge in [0.05, 0.1) is 18.3 Å². The van der Waals surface area contributed by atoms with E-state index in [1.165, 1.54) is 34.8 Å². The molecular weight excluding hydrogens is 578 g/mol. The molecule has 1 N–H and O–H groups in total. The van der Waals surface area contributed by atoms with E-state index >= 15 is 0 Å². The lowest BCUT2D eigenvalue weighted by molar-refractivity contribution is -0.142. The molecule has 0 radical (unpaired) electrons. The quantitative estimate of drug-likeness (QED) is 0.321. The predicted molar refractivity (Wildman–Crippen MR) is 161 cm³/mol. The van der Waals surface area contributed by atoms with Crippen LogP contribution in [-0.4, -0.2) is 99.4 Å². The Hall–Kier alpha value is -3.64. The lowest BCUT2D eigenvalue weighted by atomic mass is 10.0. The molecule has 1 aromatic carbocycles. The number of aliphatic hydroxyl groups is 1. The highest BCUT2D eigenvalue weighted by Crippen LogP contribution is 2.38. The molecule has 11 nitrogen and oxygen atoms in total. The van der Waals surface area contributed by atoms with Crippen LogP contribution in [0.2, 0.25) is 0 Å². The highest BCUT2D eigenvalue weighted by Gasteiger charge is 2.32. The van der Waals surface area contributed by atoms with Gasteiger partial charge >= 0.3 is 0 Å². The standard InChI is InChI=1S/C28H32FN9O2S2/c1-4-21-25(35(3)26-32-24(22(12-30)41-26)17-7-9-18(29)10-8-17)38-27(31-21)42-28(33-38)36-11-5-6-19(13-36)34(2)16-23(40)37-14-20(39)15-37/h7-10,19-20,39H,4-6,11,13-16H2,1-3H3. The number of β-amino-alcohol motifs (C(OH)–C–C–N with tert-alkyl or cyclic N) is 1. The number of aromatic nitrogens is 4. The van der Waals surface area contributed by atoms with Crippen LogP contribution in [0.1, 0.15) is 30.3 Å². The van der Waals surface area contributed by atoms with Crippen LogP contribution in [0.3, 0.4) is 0 Å². The highest BCUT2D eigenvalue weighted by molar-refractivity contribution is 7.20. The Morgan fingerprint density at radius 1 is 1.19 bits per heavy atom. The lowest BCUT2D eigenvalue weighted by Crippen LogP contribution is -2.57. The summed E-state index contributed by atoms with van der Waals surface area (Å²) in [5.74, 6) is 0.509. The number of likely N-dealkylation sites (tertiary alicyclic amines) is 1. The van der Waals surface area contributed by atoms with Crippen molar-refractivity contribution in [1.82, 2.24) is 29.4 Å². The second-order valence-corrected chi connectivity index (χ2v) is 12.7. The fraction of sp³-hybridized carbons (Fsp3) is 0.464. The van der Waals surface area contributed by atoms with Crippen LogP contribution in [0.4, 0.5) is 20.5 Å². The monoisotopic (exact) mass is 609 g/mol. The maximum atomic E-state index is 13.5. The smallest absolute Gasteiger partial charge is 0.236 e. The van der Waals surface area contributed by atoms with Crippen LogP contribution in [-0.2, 0) is 11.2 Å². The number of thiazole rings is 1. The van der Waals surface area contributed by atoms with E-state index in [4.69, 9.17) is 15.1 Å². The van der Waals surface area contributed by atoms with Crippen molar-refractivity contribution in [3.05, 3.63) is 40.7 Å². The largest absolute Gasteiger partial charge is 0.389 e. The van der Waals surface area contributed by atoms with E-state index in [1.54, 1.807) is 17.0 Å². The number of imidazole rings is 1. The van der Waals surface area contributed by atoms with E-state index in [9.17, 15) is 19.6 Å². The third-order valence-electron chi connectivity index (χ3n) is 7.90. The van der Waals surface area contributed by atoms with E-state index in [0.717, 1.165) is 47.5 Å². The molecule has 220 valence electrons. The number of likely N-dealkylation sites (N-methyl/N-ethyl adjacent to an activating group) is 1. The minimum absolute atomic E-state index is 0.0525. The molecule has 0 spiro atoms. The number of nitrogens with zero attached hydrogens (tertiary/aromatic N) is 9. The van der Waals surface area contributed by atoms with Crippen LogP contribution in [0, 0.1) is 17.1 Å². The molecule has 2 fully saturated rings. The summed E-state index contributed by atoms with van der Waals surface area (Å²) in [6.07, 6.45) is 2.29. The Kier molecular flexibility index (Phi) is 7.84. The van der Waals surface area contributed by atoms with Crippen LogP contribution in [0.5, 0.6) is 0 Å². The predicted octanol–water partition coefficient (Wildman–Crippen LogP) is 3.36. The van der Waals surface area contributed by atoms with Crippen molar-refractivity contribution in [3.63, 3.8) is 0 Å². The molecule has 0 aliphatic carbocycles. The molecule has 1 amide bonds. The van der Waals surface area contributed by atoms with Crippen molar-refractivity contribution in [2.24, 2.45) is 0 Å². The second-order valence-electron chi connectivity index (χ2n) is 10.8. The normalized spacial score (nSPS) is 17.6. The molecule has 2 aliphatic rings. The molecule has 0 saturated carbocycles. The molecule has 6 rings (SSSR count). The first kappa shape index (κ1) is 28.5. The zero-order chi connectivity index (χ0) is 29.5. The summed E-state index contributed by atoms with van der Waals surface area (Å²) < 4.78 is 15.4. The lowest BCUT2D eigenvalue weighted by Gasteiger charge is -2.40. The van der Waals surface area contributed by atoms with Crippen molar-refractivity contribution in [2.45, 2.75) is 38.3 Å². The van der Waals surface area contributed by atoms with Gasteiger partial charge in [-0.25, -0.2) is 14.4 Å². The molecule has 1 unspecified atom stereocenters. The molecule has 2 saturated heterocycles. The summed E-state index contributed by atoms with van der Waals surface area (Å²) >= 11 is 2.81. The van der Waals surface area contributed by atoms with Gasteiger partial charge in [-0.15, -0.1) is 5.10 Å². The van der Waals surface area contributed by atoms with Crippen LogP contribution in [0.15, 0.2) is 24.3 Å². The summed E-state index contributed by atoms with van der Waals surface area (Å²) in [6.45, 7) is 4.85. The van der Waals surface area contributed by atoms with Crippen molar-refractivity contribution in [3.8, 4) is 17.3 Å². The number of halogens is 1. The molecule has 42 heavy (non-hydrogen) atoms. The van der Waals surface area contributed by atoms with Crippen LogP contribution >= 0.6 is 22.7 Å². The van der Waals surface area contributed by atoms with Gasteiger partial charge in [0, 0.05) is 44.8 Å². The van der Waals surface area contributed by atoms with Gasteiger partial charge in [-0.05, 0) is 50.6 Å². The number of carbonyl (C=O) groups excluding carboxylic acids is 1. The summed E-state index contributed by atoms with van der Waals surface area (Å²) in [7, 11) is 3.89. The summed E-state index contributed by atoms with van der Waals surface area (Å²) in [4.78, 5) is 31.5. The second kappa shape index (κ2) is 11.6. The van der Waals surface area contributed by atoms with Crippen molar-refractivity contribution < 1.29 is 14.3 Å². The number of piperidine rings is 1. The minimum atomic E-state index is -0.397. The zero-order valence-electron chi connectivity index (χ0n) is 23.7. The Morgan fingerprint density at radius 2 is 1.95 bits per heavy atom. The van der Waals surface area contributed by atoms with Crippen LogP contribution in [0.25, 0.3) is 16.2 Å². The molecule has 4 aromatic rings. The maximum Gasteiger partial charge on any atom is 0.236 e. The van der Waals surface area contributed by atoms with E-state index in [0.29, 0.717) is 47.3 Å². The summed E-state index contributed by atoms with van der Waals surface area (Å²) in [5, 5.41) is 25.8. The fourth-order valence-corrected chi connectivity index (χ4v) is 7.28. The van der Waals surface area contributed by atoms with Crippen LogP contribution < -0.4 is 9.80 Å². The molecule has 14 heteroatoms. The number of aliphatic hydroxyl groups excluding tert-OH is 1. The molecule has 5 heterocycles. The fourth-order valence-electron chi connectivity index (χ4n) is 5.48. The number of amides is 1. The molecule has 3 aromatic heterocycles. The number of hydrogen-bond donors (Lipinski definition) is 1. The molecule has 1 atom stereocenters. The van der Waals surface area contributed by atoms with Crippen molar-refractivity contribution in [1.29, 1.82) is 5.26 Å². The SMILES string of the molecule is CCc1nc2sc(N3CCCC(N(C)CC(=O)N4CC(O)C4)C3)nn2c1N(C)c1nc(-c2ccc(F)cc2)c(C#N)s1. The average Bonchev–Trinajstić information content (AvgIpc) is 3.68. The first-order valence-corrected chi connectivity index (χ1v) is 15.6. The average molecular weight is 610 g/mol. The number of aryl methyl sites for hydroxylation is 1.